The van der Waals surface area contributed by atoms with Crippen LogP contribution in [0.5, 0.6) is 5.75 Å². The SMILES string of the molecule is Cc1c2cn(C3CCN(C)CC3)cc2cc2[nH]c(-c3c(NC[C@@H](O)COc4c(F)ccc(Cl)c4F)cc[nH]c3=O)nc12. The number of aliphatic hydroxyl groups excluding tert-OH is 1. The van der Waals surface area contributed by atoms with Crippen molar-refractivity contribution in [3.05, 3.63) is 75.4 Å². The molecule has 12 heteroatoms. The Morgan fingerprint density at radius 2 is 2.02 bits per heavy atom. The minimum absolute atomic E-state index is 0.0650. The van der Waals surface area contributed by atoms with Crippen LogP contribution >= 0.6 is 11.6 Å². The van der Waals surface area contributed by atoms with Crippen LogP contribution < -0.4 is 15.6 Å². The predicted octanol–water partition coefficient (Wildman–Crippen LogP) is 5.23. The molecule has 2 aromatic carbocycles. The molecule has 9 nitrogen and oxygen atoms in total. The number of anilines is 1. The van der Waals surface area contributed by atoms with Crippen LogP contribution in [0.25, 0.3) is 33.2 Å². The lowest BCUT2D eigenvalue weighted by molar-refractivity contribution is 0.112. The van der Waals surface area contributed by atoms with E-state index >= 15 is 0 Å². The summed E-state index contributed by atoms with van der Waals surface area (Å²) in [6.45, 7) is 3.72. The van der Waals surface area contributed by atoms with Gasteiger partial charge in [0.05, 0.1) is 21.7 Å². The second-order valence-corrected chi connectivity index (χ2v) is 11.2. The van der Waals surface area contributed by atoms with Gasteiger partial charge in [-0.2, -0.15) is 0 Å². The van der Waals surface area contributed by atoms with Gasteiger partial charge in [0.15, 0.2) is 17.4 Å². The lowest BCUT2D eigenvalue weighted by Gasteiger charge is -2.29. The number of imidazole rings is 1. The van der Waals surface area contributed by atoms with E-state index in [0.29, 0.717) is 17.6 Å². The van der Waals surface area contributed by atoms with Gasteiger partial charge < -0.3 is 34.6 Å². The number of aromatic amines is 2. The van der Waals surface area contributed by atoms with Gasteiger partial charge in [0.25, 0.3) is 5.56 Å². The topological polar surface area (TPSA) is 111 Å². The van der Waals surface area contributed by atoms with Crippen molar-refractivity contribution in [2.24, 2.45) is 0 Å². The van der Waals surface area contributed by atoms with E-state index in [1.807, 2.05) is 6.92 Å². The minimum atomic E-state index is -1.16. The van der Waals surface area contributed by atoms with E-state index in [9.17, 15) is 18.7 Å². The summed E-state index contributed by atoms with van der Waals surface area (Å²) in [5.74, 6) is -2.25. The molecular formula is C30H31ClF2N6O3. The van der Waals surface area contributed by atoms with E-state index in [-0.39, 0.29) is 22.7 Å². The first-order valence-corrected chi connectivity index (χ1v) is 14.2. The predicted molar refractivity (Wildman–Crippen MR) is 160 cm³/mol. The van der Waals surface area contributed by atoms with Gasteiger partial charge in [-0.05, 0) is 69.7 Å². The summed E-state index contributed by atoms with van der Waals surface area (Å²) >= 11 is 5.70. The van der Waals surface area contributed by atoms with Gasteiger partial charge in [-0.25, -0.2) is 13.8 Å². The molecule has 1 fully saturated rings. The van der Waals surface area contributed by atoms with E-state index in [0.717, 1.165) is 65.4 Å². The number of hydrogen-bond acceptors (Lipinski definition) is 6. The third-order valence-corrected chi connectivity index (χ3v) is 8.22. The molecule has 5 aromatic rings. The molecule has 1 saturated heterocycles. The number of halogens is 3. The van der Waals surface area contributed by atoms with Crippen LogP contribution in [0.4, 0.5) is 14.5 Å². The molecule has 3 aromatic heterocycles. The smallest absolute Gasteiger partial charge is 0.261 e. The first-order valence-electron chi connectivity index (χ1n) is 13.8. The monoisotopic (exact) mass is 596 g/mol. The largest absolute Gasteiger partial charge is 0.485 e. The van der Waals surface area contributed by atoms with E-state index in [2.05, 4.69) is 50.3 Å². The molecular weight excluding hydrogens is 566 g/mol. The summed E-state index contributed by atoms with van der Waals surface area (Å²) in [5, 5.41) is 15.4. The molecule has 220 valence electrons. The lowest BCUT2D eigenvalue weighted by atomic mass is 10.1. The fourth-order valence-electron chi connectivity index (χ4n) is 5.57. The summed E-state index contributed by atoms with van der Waals surface area (Å²) in [6.07, 6.45) is 6.93. The fraction of sp³-hybridized carbons (Fsp3) is 0.333. The number of nitrogens with zero attached hydrogens (tertiary/aromatic N) is 3. The minimum Gasteiger partial charge on any atom is -0.485 e. The molecule has 42 heavy (non-hydrogen) atoms. The van der Waals surface area contributed by atoms with Gasteiger partial charge in [0.1, 0.15) is 24.1 Å². The van der Waals surface area contributed by atoms with Gasteiger partial charge in [-0.3, -0.25) is 4.79 Å². The average Bonchev–Trinajstić information content (AvgIpc) is 3.59. The maximum absolute atomic E-state index is 14.1. The zero-order valence-electron chi connectivity index (χ0n) is 23.2. The summed E-state index contributed by atoms with van der Waals surface area (Å²) in [6, 6.07) is 6.25. The Balaban J connectivity index is 1.22. The molecule has 0 bridgehead atoms. The first-order chi connectivity index (χ1) is 20.2. The number of hydrogen-bond donors (Lipinski definition) is 4. The molecule has 0 amide bonds. The number of fused-ring (bicyclic) bond motifs is 2. The number of pyridine rings is 1. The highest BCUT2D eigenvalue weighted by molar-refractivity contribution is 6.30. The molecule has 1 aliphatic heterocycles. The zero-order valence-corrected chi connectivity index (χ0v) is 23.9. The van der Waals surface area contributed by atoms with Gasteiger partial charge in [0.2, 0.25) is 0 Å². The Morgan fingerprint density at radius 3 is 2.81 bits per heavy atom. The van der Waals surface area contributed by atoms with Crippen molar-refractivity contribution in [2.45, 2.75) is 31.9 Å². The second-order valence-electron chi connectivity index (χ2n) is 10.8. The van der Waals surface area contributed by atoms with E-state index in [1.165, 1.54) is 6.20 Å². The van der Waals surface area contributed by atoms with Crippen LogP contribution in [0.2, 0.25) is 5.02 Å². The highest BCUT2D eigenvalue weighted by Crippen LogP contribution is 2.33. The Labute approximate surface area is 245 Å². The molecule has 1 atom stereocenters. The van der Waals surface area contributed by atoms with Crippen LogP contribution in [0, 0.1) is 18.6 Å². The number of aromatic nitrogens is 4. The van der Waals surface area contributed by atoms with Crippen molar-refractivity contribution in [2.75, 3.05) is 38.6 Å². The molecule has 4 heterocycles. The molecule has 0 spiro atoms. The Bertz CT molecular complexity index is 1830. The lowest BCUT2D eigenvalue weighted by Crippen LogP contribution is -2.31. The van der Waals surface area contributed by atoms with Crippen molar-refractivity contribution in [1.29, 1.82) is 0 Å². The summed E-state index contributed by atoms with van der Waals surface area (Å²) in [4.78, 5) is 26.1. The van der Waals surface area contributed by atoms with Crippen molar-refractivity contribution in [3.8, 4) is 17.1 Å². The maximum atomic E-state index is 14.1. The van der Waals surface area contributed by atoms with Crippen molar-refractivity contribution < 1.29 is 18.6 Å². The van der Waals surface area contributed by atoms with Crippen LogP contribution in [0.15, 0.2) is 47.7 Å². The van der Waals surface area contributed by atoms with Crippen molar-refractivity contribution in [3.63, 3.8) is 0 Å². The molecule has 0 aliphatic carbocycles. The van der Waals surface area contributed by atoms with Crippen LogP contribution in [-0.2, 0) is 0 Å². The van der Waals surface area contributed by atoms with Crippen LogP contribution in [-0.4, -0.2) is 68.9 Å². The summed E-state index contributed by atoms with van der Waals surface area (Å²) in [7, 11) is 2.15. The van der Waals surface area contributed by atoms with E-state index in [1.54, 1.807) is 6.07 Å². The number of likely N-dealkylation sites (tertiary alicyclic amines) is 1. The van der Waals surface area contributed by atoms with Gasteiger partial charge in [-0.15, -0.1) is 0 Å². The standard InChI is InChI=1S/C30H31ClF2N6O3/c1-16-20-14-39(18-6-9-38(2)10-7-18)13-17(20)11-24-27(16)37-29(36-24)25-23(5-8-34-30(25)41)35-12-19(40)15-42-28-22(32)4-3-21(31)26(28)33/h3-5,8,11,13-14,18-19,40H,6-7,9-10,12,15H2,1-2H3,(H,36,37)(H2,34,35,41)/t19-/m1/s1. The number of aryl methyl sites for hydroxylation is 1. The highest BCUT2D eigenvalue weighted by atomic mass is 35.5. The molecule has 0 radical (unpaired) electrons. The summed E-state index contributed by atoms with van der Waals surface area (Å²) < 4.78 is 35.5. The van der Waals surface area contributed by atoms with Crippen molar-refractivity contribution >= 4 is 39.1 Å². The van der Waals surface area contributed by atoms with Crippen LogP contribution in [0.3, 0.4) is 0 Å². The Hall–Kier alpha value is -3.93. The van der Waals surface area contributed by atoms with Gasteiger partial charge in [-0.1, -0.05) is 11.6 Å². The molecule has 1 aliphatic rings. The fourth-order valence-corrected chi connectivity index (χ4v) is 5.72. The van der Waals surface area contributed by atoms with Crippen LogP contribution in [0.1, 0.15) is 24.4 Å². The number of piperidine rings is 1. The number of aliphatic hydroxyl groups is 1. The summed E-state index contributed by atoms with van der Waals surface area (Å²) in [5.41, 5.74) is 2.93. The average molecular weight is 597 g/mol. The normalized spacial score (nSPS) is 15.5. The third-order valence-electron chi connectivity index (χ3n) is 7.93. The van der Waals surface area contributed by atoms with Gasteiger partial charge in [0, 0.05) is 41.9 Å². The molecule has 6 rings (SSSR count). The highest BCUT2D eigenvalue weighted by Gasteiger charge is 2.21. The maximum Gasteiger partial charge on any atom is 0.261 e. The number of benzene rings is 2. The van der Waals surface area contributed by atoms with Gasteiger partial charge >= 0.3 is 0 Å². The first kappa shape index (κ1) is 28.2. The number of rotatable bonds is 8. The van der Waals surface area contributed by atoms with E-state index in [4.69, 9.17) is 21.3 Å². The van der Waals surface area contributed by atoms with Crippen molar-refractivity contribution in [1.82, 2.24) is 24.4 Å². The number of H-pyrrole nitrogens is 2. The number of nitrogens with one attached hydrogen (secondary N) is 3. The molecule has 0 unspecified atom stereocenters. The molecule has 0 saturated carbocycles. The quantitative estimate of drug-likeness (QED) is 0.183. The van der Waals surface area contributed by atoms with E-state index < -0.39 is 30.1 Å². The zero-order chi connectivity index (χ0) is 29.5. The Morgan fingerprint density at radius 1 is 1.24 bits per heavy atom. The second kappa shape index (κ2) is 11.4. The third kappa shape index (κ3) is 5.35. The number of ether oxygens (including phenoxy) is 1. The molecule has 4 N–H and O–H groups in total. The Kier molecular flexibility index (Phi) is 7.65.